The SMILES string of the molecule is CC(=O)Nc1ccc(-c2c(OCC3CCOC3)ccc3ccccc23)cc1. The van der Waals surface area contributed by atoms with Crippen LogP contribution < -0.4 is 10.1 Å². The first-order chi connectivity index (χ1) is 13.2. The average Bonchev–Trinajstić information content (AvgIpc) is 3.20. The first kappa shape index (κ1) is 17.6. The molecule has 1 aliphatic heterocycles. The van der Waals surface area contributed by atoms with Crippen molar-refractivity contribution >= 4 is 22.4 Å². The number of rotatable bonds is 5. The molecule has 4 rings (SSSR count). The van der Waals surface area contributed by atoms with E-state index in [0.717, 1.165) is 47.6 Å². The van der Waals surface area contributed by atoms with E-state index in [0.29, 0.717) is 12.5 Å². The van der Waals surface area contributed by atoms with Gasteiger partial charge in [0, 0.05) is 30.7 Å². The summed E-state index contributed by atoms with van der Waals surface area (Å²) in [7, 11) is 0. The lowest BCUT2D eigenvalue weighted by Gasteiger charge is -2.17. The molecule has 0 radical (unpaired) electrons. The van der Waals surface area contributed by atoms with Crippen molar-refractivity contribution in [2.75, 3.05) is 25.1 Å². The zero-order valence-electron chi connectivity index (χ0n) is 15.4. The average molecular weight is 361 g/mol. The molecule has 4 heteroatoms. The maximum absolute atomic E-state index is 11.3. The predicted octanol–water partition coefficient (Wildman–Crippen LogP) is 4.88. The van der Waals surface area contributed by atoms with E-state index in [-0.39, 0.29) is 5.91 Å². The van der Waals surface area contributed by atoms with Gasteiger partial charge in [-0.3, -0.25) is 4.79 Å². The summed E-state index contributed by atoms with van der Waals surface area (Å²) in [5.41, 5.74) is 2.94. The maximum Gasteiger partial charge on any atom is 0.221 e. The van der Waals surface area contributed by atoms with Crippen LogP contribution in [0, 0.1) is 5.92 Å². The second-order valence-corrected chi connectivity index (χ2v) is 6.96. The molecule has 1 atom stereocenters. The lowest BCUT2D eigenvalue weighted by Crippen LogP contribution is -2.12. The number of benzene rings is 3. The summed E-state index contributed by atoms with van der Waals surface area (Å²) in [5, 5.41) is 5.15. The summed E-state index contributed by atoms with van der Waals surface area (Å²) < 4.78 is 11.7. The van der Waals surface area contributed by atoms with Gasteiger partial charge in [0.25, 0.3) is 0 Å². The molecule has 1 amide bonds. The van der Waals surface area contributed by atoms with Crippen LogP contribution in [0.2, 0.25) is 0 Å². The summed E-state index contributed by atoms with van der Waals surface area (Å²) >= 11 is 0. The van der Waals surface area contributed by atoms with Gasteiger partial charge in [0.2, 0.25) is 5.91 Å². The normalized spacial score (nSPS) is 16.4. The molecule has 0 spiro atoms. The topological polar surface area (TPSA) is 47.6 Å². The molecule has 1 fully saturated rings. The molecule has 1 saturated heterocycles. The molecular formula is C23H23NO3. The van der Waals surface area contributed by atoms with Gasteiger partial charge in [-0.05, 0) is 41.0 Å². The standard InChI is InChI=1S/C23H23NO3/c1-16(25)24-20-9-6-19(7-10-20)23-21-5-3-2-4-18(21)8-11-22(23)27-15-17-12-13-26-14-17/h2-11,17H,12-15H2,1H3,(H,24,25). The van der Waals surface area contributed by atoms with E-state index in [4.69, 9.17) is 9.47 Å². The monoisotopic (exact) mass is 361 g/mol. The van der Waals surface area contributed by atoms with E-state index in [9.17, 15) is 4.79 Å². The second-order valence-electron chi connectivity index (χ2n) is 6.96. The Morgan fingerprint density at radius 1 is 1.11 bits per heavy atom. The number of carbonyl (C=O) groups excluding carboxylic acids is 1. The second kappa shape index (κ2) is 7.80. The Morgan fingerprint density at radius 2 is 1.93 bits per heavy atom. The first-order valence-electron chi connectivity index (χ1n) is 9.31. The van der Waals surface area contributed by atoms with Crippen LogP contribution in [0.15, 0.2) is 60.7 Å². The van der Waals surface area contributed by atoms with Crippen molar-refractivity contribution in [1.29, 1.82) is 0 Å². The quantitative estimate of drug-likeness (QED) is 0.704. The highest BCUT2D eigenvalue weighted by Crippen LogP contribution is 2.38. The molecule has 4 nitrogen and oxygen atoms in total. The molecule has 27 heavy (non-hydrogen) atoms. The van der Waals surface area contributed by atoms with Crippen molar-refractivity contribution in [3.8, 4) is 16.9 Å². The van der Waals surface area contributed by atoms with Gasteiger partial charge in [-0.1, -0.05) is 42.5 Å². The molecule has 0 saturated carbocycles. The van der Waals surface area contributed by atoms with Crippen LogP contribution in [0.4, 0.5) is 5.69 Å². The van der Waals surface area contributed by atoms with Gasteiger partial charge in [0.05, 0.1) is 13.2 Å². The molecule has 3 aromatic carbocycles. The van der Waals surface area contributed by atoms with Crippen LogP contribution in [0.25, 0.3) is 21.9 Å². The number of anilines is 1. The number of ether oxygens (including phenoxy) is 2. The molecule has 138 valence electrons. The highest BCUT2D eigenvalue weighted by Gasteiger charge is 2.18. The van der Waals surface area contributed by atoms with Gasteiger partial charge in [0.1, 0.15) is 5.75 Å². The molecule has 0 aliphatic carbocycles. The Kier molecular flexibility index (Phi) is 5.07. The fraction of sp³-hybridized carbons (Fsp3) is 0.261. The number of amides is 1. The minimum Gasteiger partial charge on any atom is -0.493 e. The van der Waals surface area contributed by atoms with Crippen molar-refractivity contribution in [3.63, 3.8) is 0 Å². The lowest BCUT2D eigenvalue weighted by molar-refractivity contribution is -0.114. The molecule has 1 aliphatic rings. The summed E-state index contributed by atoms with van der Waals surface area (Å²) in [6.07, 6.45) is 1.05. The Labute approximate surface area is 159 Å². The van der Waals surface area contributed by atoms with Crippen molar-refractivity contribution < 1.29 is 14.3 Å². The number of nitrogens with one attached hydrogen (secondary N) is 1. The molecule has 1 N–H and O–H groups in total. The Bertz CT molecular complexity index is 943. The lowest BCUT2D eigenvalue weighted by atomic mass is 9.97. The number of hydrogen-bond acceptors (Lipinski definition) is 3. The van der Waals surface area contributed by atoms with Gasteiger partial charge in [-0.2, -0.15) is 0 Å². The molecule has 1 unspecified atom stereocenters. The van der Waals surface area contributed by atoms with Crippen molar-refractivity contribution in [1.82, 2.24) is 0 Å². The zero-order chi connectivity index (χ0) is 18.6. The van der Waals surface area contributed by atoms with Gasteiger partial charge < -0.3 is 14.8 Å². The van der Waals surface area contributed by atoms with Crippen LogP contribution in [0.1, 0.15) is 13.3 Å². The Hall–Kier alpha value is -2.85. The summed E-state index contributed by atoms with van der Waals surface area (Å²) in [4.78, 5) is 11.3. The van der Waals surface area contributed by atoms with Crippen LogP contribution in [-0.2, 0) is 9.53 Å². The Balaban J connectivity index is 1.71. The van der Waals surface area contributed by atoms with E-state index in [1.54, 1.807) is 0 Å². The third-order valence-corrected chi connectivity index (χ3v) is 4.88. The molecular weight excluding hydrogens is 338 g/mol. The minimum atomic E-state index is -0.0734. The highest BCUT2D eigenvalue weighted by molar-refractivity contribution is 6.00. The first-order valence-corrected chi connectivity index (χ1v) is 9.31. The smallest absolute Gasteiger partial charge is 0.221 e. The van der Waals surface area contributed by atoms with E-state index in [2.05, 4.69) is 29.6 Å². The third kappa shape index (κ3) is 3.96. The third-order valence-electron chi connectivity index (χ3n) is 4.88. The van der Waals surface area contributed by atoms with Gasteiger partial charge >= 0.3 is 0 Å². The number of carbonyl (C=O) groups is 1. The molecule has 0 bridgehead atoms. The molecule has 0 aromatic heterocycles. The summed E-state index contributed by atoms with van der Waals surface area (Å²) in [5.74, 6) is 1.26. The van der Waals surface area contributed by atoms with Crippen LogP contribution in [0.5, 0.6) is 5.75 Å². The zero-order valence-corrected chi connectivity index (χ0v) is 15.4. The van der Waals surface area contributed by atoms with Crippen LogP contribution >= 0.6 is 0 Å². The maximum atomic E-state index is 11.3. The molecule has 3 aromatic rings. The molecule has 1 heterocycles. The minimum absolute atomic E-state index is 0.0734. The van der Waals surface area contributed by atoms with Crippen molar-refractivity contribution in [2.45, 2.75) is 13.3 Å². The fourth-order valence-electron chi connectivity index (χ4n) is 3.52. The fourth-order valence-corrected chi connectivity index (χ4v) is 3.52. The van der Waals surface area contributed by atoms with E-state index < -0.39 is 0 Å². The predicted molar refractivity (Wildman–Crippen MR) is 108 cm³/mol. The number of fused-ring (bicyclic) bond motifs is 1. The van der Waals surface area contributed by atoms with Crippen LogP contribution in [0.3, 0.4) is 0 Å². The van der Waals surface area contributed by atoms with Crippen LogP contribution in [-0.4, -0.2) is 25.7 Å². The van der Waals surface area contributed by atoms with Crippen molar-refractivity contribution in [3.05, 3.63) is 60.7 Å². The summed E-state index contributed by atoms with van der Waals surface area (Å²) in [6.45, 7) is 3.77. The number of hydrogen-bond donors (Lipinski definition) is 1. The Morgan fingerprint density at radius 3 is 2.67 bits per heavy atom. The highest BCUT2D eigenvalue weighted by atomic mass is 16.5. The van der Waals surface area contributed by atoms with E-state index in [1.165, 1.54) is 12.3 Å². The van der Waals surface area contributed by atoms with Gasteiger partial charge in [-0.25, -0.2) is 0 Å². The van der Waals surface area contributed by atoms with Gasteiger partial charge in [0.15, 0.2) is 0 Å². The van der Waals surface area contributed by atoms with E-state index in [1.807, 2.05) is 36.4 Å². The van der Waals surface area contributed by atoms with Crippen molar-refractivity contribution in [2.24, 2.45) is 5.92 Å². The summed E-state index contributed by atoms with van der Waals surface area (Å²) in [6, 6.07) is 20.4. The van der Waals surface area contributed by atoms with Gasteiger partial charge in [-0.15, -0.1) is 0 Å². The van der Waals surface area contributed by atoms with E-state index >= 15 is 0 Å². The largest absolute Gasteiger partial charge is 0.493 e.